The van der Waals surface area contributed by atoms with Crippen LogP contribution in [-0.4, -0.2) is 30.1 Å². The van der Waals surface area contributed by atoms with Crippen molar-refractivity contribution in [3.05, 3.63) is 58.1 Å². The topological polar surface area (TPSA) is 79.5 Å². The zero-order valence-electron chi connectivity index (χ0n) is 16.4. The summed E-state index contributed by atoms with van der Waals surface area (Å²) in [7, 11) is 0. The number of thiocarbonyl (C=S) groups is 1. The smallest absolute Gasteiger partial charge is 0.261 e. The zero-order chi connectivity index (χ0) is 21.2. The molecular weight excluding hydrogens is 454 g/mol. The standard InChI is InChI=1S/C21H24BrN3O3S/c1-3-5-11-28-18-10-9-15(22)13-17(18)20(27)25-21(29)24-16-8-6-7-14(12-16)19(26)23-4-2/h6-10,12-13H,3-5,11H2,1-2H3,(H,23,26)(H2,24,25,27,29). The first-order chi connectivity index (χ1) is 13.9. The molecule has 0 saturated carbocycles. The average molecular weight is 478 g/mol. The van der Waals surface area contributed by atoms with Crippen LogP contribution in [0.3, 0.4) is 0 Å². The number of unbranched alkanes of at least 4 members (excludes halogenated alkanes) is 1. The lowest BCUT2D eigenvalue weighted by Crippen LogP contribution is -2.34. The van der Waals surface area contributed by atoms with E-state index in [2.05, 4.69) is 38.8 Å². The van der Waals surface area contributed by atoms with E-state index in [9.17, 15) is 9.59 Å². The molecule has 8 heteroatoms. The second-order valence-electron chi connectivity index (χ2n) is 6.19. The minimum Gasteiger partial charge on any atom is -0.493 e. The summed E-state index contributed by atoms with van der Waals surface area (Å²) in [5.41, 5.74) is 1.49. The number of hydrogen-bond donors (Lipinski definition) is 3. The molecule has 0 spiro atoms. The van der Waals surface area contributed by atoms with E-state index in [-0.39, 0.29) is 16.9 Å². The van der Waals surface area contributed by atoms with Crippen molar-refractivity contribution < 1.29 is 14.3 Å². The highest BCUT2D eigenvalue weighted by molar-refractivity contribution is 9.10. The number of anilines is 1. The van der Waals surface area contributed by atoms with Gasteiger partial charge < -0.3 is 15.4 Å². The van der Waals surface area contributed by atoms with Crippen molar-refractivity contribution in [1.82, 2.24) is 10.6 Å². The molecule has 0 aliphatic carbocycles. The van der Waals surface area contributed by atoms with E-state index in [1.165, 1.54) is 0 Å². The fraction of sp³-hybridized carbons (Fsp3) is 0.286. The van der Waals surface area contributed by atoms with Gasteiger partial charge in [-0.25, -0.2) is 0 Å². The van der Waals surface area contributed by atoms with Gasteiger partial charge >= 0.3 is 0 Å². The maximum atomic E-state index is 12.7. The normalized spacial score (nSPS) is 10.2. The van der Waals surface area contributed by atoms with E-state index in [0.717, 1.165) is 17.3 Å². The molecule has 0 aliphatic rings. The quantitative estimate of drug-likeness (QED) is 0.385. The third-order valence-corrected chi connectivity index (χ3v) is 4.59. The van der Waals surface area contributed by atoms with Crippen molar-refractivity contribution in [2.45, 2.75) is 26.7 Å². The second-order valence-corrected chi connectivity index (χ2v) is 7.51. The molecule has 0 atom stereocenters. The number of nitrogens with one attached hydrogen (secondary N) is 3. The van der Waals surface area contributed by atoms with E-state index in [4.69, 9.17) is 17.0 Å². The second kappa shape index (κ2) is 11.5. The predicted octanol–water partition coefficient (Wildman–Crippen LogP) is 4.50. The van der Waals surface area contributed by atoms with Crippen LogP contribution in [0.1, 0.15) is 47.4 Å². The molecule has 2 aromatic carbocycles. The Hall–Kier alpha value is -2.45. The minimum atomic E-state index is -0.379. The van der Waals surface area contributed by atoms with Crippen LogP contribution in [0.5, 0.6) is 5.75 Å². The molecule has 0 saturated heterocycles. The van der Waals surface area contributed by atoms with Gasteiger partial charge in [-0.1, -0.05) is 35.3 Å². The predicted molar refractivity (Wildman–Crippen MR) is 123 cm³/mol. The van der Waals surface area contributed by atoms with Gasteiger partial charge in [0.05, 0.1) is 12.2 Å². The van der Waals surface area contributed by atoms with E-state index < -0.39 is 0 Å². The summed E-state index contributed by atoms with van der Waals surface area (Å²) in [6.07, 6.45) is 1.90. The van der Waals surface area contributed by atoms with Crippen LogP contribution in [0.25, 0.3) is 0 Å². The number of amides is 2. The first-order valence-electron chi connectivity index (χ1n) is 9.37. The number of hydrogen-bond acceptors (Lipinski definition) is 4. The molecule has 2 aromatic rings. The molecule has 2 rings (SSSR count). The van der Waals surface area contributed by atoms with Gasteiger partial charge in [-0.05, 0) is 62.0 Å². The summed E-state index contributed by atoms with van der Waals surface area (Å²) in [4.78, 5) is 24.7. The van der Waals surface area contributed by atoms with Crippen molar-refractivity contribution in [3.63, 3.8) is 0 Å². The van der Waals surface area contributed by atoms with Crippen molar-refractivity contribution in [2.24, 2.45) is 0 Å². The van der Waals surface area contributed by atoms with Gasteiger partial charge in [0.1, 0.15) is 5.75 Å². The summed E-state index contributed by atoms with van der Waals surface area (Å²) >= 11 is 8.64. The van der Waals surface area contributed by atoms with Crippen LogP contribution in [0.2, 0.25) is 0 Å². The lowest BCUT2D eigenvalue weighted by atomic mass is 10.2. The van der Waals surface area contributed by atoms with Crippen LogP contribution >= 0.6 is 28.1 Å². The van der Waals surface area contributed by atoms with Crippen molar-refractivity contribution in [3.8, 4) is 5.75 Å². The van der Waals surface area contributed by atoms with Gasteiger partial charge in [0.15, 0.2) is 5.11 Å². The van der Waals surface area contributed by atoms with Gasteiger partial charge in [0, 0.05) is 22.3 Å². The first kappa shape index (κ1) is 22.8. The largest absolute Gasteiger partial charge is 0.493 e. The van der Waals surface area contributed by atoms with Crippen LogP contribution in [0, 0.1) is 0 Å². The highest BCUT2D eigenvalue weighted by Gasteiger charge is 2.15. The fourth-order valence-electron chi connectivity index (χ4n) is 2.47. The molecule has 0 heterocycles. The van der Waals surface area contributed by atoms with Gasteiger partial charge in [-0.15, -0.1) is 0 Å². The third-order valence-electron chi connectivity index (χ3n) is 3.89. The summed E-state index contributed by atoms with van der Waals surface area (Å²) in [6, 6.07) is 12.1. The molecule has 3 N–H and O–H groups in total. The number of carbonyl (C=O) groups is 2. The van der Waals surface area contributed by atoms with Crippen LogP contribution in [0.4, 0.5) is 5.69 Å². The van der Waals surface area contributed by atoms with Crippen molar-refractivity contribution in [1.29, 1.82) is 0 Å². The highest BCUT2D eigenvalue weighted by atomic mass is 79.9. The van der Waals surface area contributed by atoms with Crippen LogP contribution in [0.15, 0.2) is 46.9 Å². The van der Waals surface area contributed by atoms with E-state index in [0.29, 0.717) is 35.7 Å². The minimum absolute atomic E-state index is 0.127. The Morgan fingerprint density at radius 1 is 1.10 bits per heavy atom. The average Bonchev–Trinajstić information content (AvgIpc) is 2.69. The Kier molecular flexibility index (Phi) is 9.08. The Labute approximate surface area is 184 Å². The lowest BCUT2D eigenvalue weighted by molar-refractivity contribution is 0.0952. The Bertz CT molecular complexity index is 889. The molecule has 6 nitrogen and oxygen atoms in total. The van der Waals surface area contributed by atoms with Gasteiger partial charge in [0.25, 0.3) is 11.8 Å². The SMILES string of the molecule is CCCCOc1ccc(Br)cc1C(=O)NC(=S)Nc1cccc(C(=O)NCC)c1. The fourth-order valence-corrected chi connectivity index (χ4v) is 3.04. The number of carbonyl (C=O) groups excluding carboxylic acids is 2. The van der Waals surface area contributed by atoms with Crippen molar-refractivity contribution in [2.75, 3.05) is 18.5 Å². The monoisotopic (exact) mass is 477 g/mol. The maximum Gasteiger partial charge on any atom is 0.261 e. The summed E-state index contributed by atoms with van der Waals surface area (Å²) in [6.45, 7) is 5.00. The molecule has 0 fully saturated rings. The Balaban J connectivity index is 2.06. The van der Waals surface area contributed by atoms with E-state index in [1.54, 1.807) is 36.4 Å². The molecule has 0 bridgehead atoms. The van der Waals surface area contributed by atoms with E-state index >= 15 is 0 Å². The van der Waals surface area contributed by atoms with Crippen LogP contribution in [-0.2, 0) is 0 Å². The summed E-state index contributed by atoms with van der Waals surface area (Å²) in [5, 5.41) is 8.46. The van der Waals surface area contributed by atoms with Gasteiger partial charge in [0.2, 0.25) is 0 Å². The molecule has 0 radical (unpaired) electrons. The molecule has 2 amide bonds. The molecule has 0 aromatic heterocycles. The van der Waals surface area contributed by atoms with Crippen molar-refractivity contribution >= 4 is 50.8 Å². The highest BCUT2D eigenvalue weighted by Crippen LogP contribution is 2.23. The first-order valence-corrected chi connectivity index (χ1v) is 10.6. The number of benzene rings is 2. The Morgan fingerprint density at radius 2 is 1.90 bits per heavy atom. The lowest BCUT2D eigenvalue weighted by Gasteiger charge is -2.14. The third kappa shape index (κ3) is 7.14. The summed E-state index contributed by atoms with van der Waals surface area (Å²) < 4.78 is 6.49. The molecule has 0 aliphatic heterocycles. The number of rotatable bonds is 8. The number of halogens is 1. The maximum absolute atomic E-state index is 12.7. The van der Waals surface area contributed by atoms with Gasteiger partial charge in [-0.3, -0.25) is 14.9 Å². The molecule has 154 valence electrons. The molecule has 29 heavy (non-hydrogen) atoms. The van der Waals surface area contributed by atoms with Crippen LogP contribution < -0.4 is 20.7 Å². The molecule has 0 unspecified atom stereocenters. The Morgan fingerprint density at radius 3 is 2.62 bits per heavy atom. The summed E-state index contributed by atoms with van der Waals surface area (Å²) in [5.74, 6) is -0.0514. The van der Waals surface area contributed by atoms with Gasteiger partial charge in [-0.2, -0.15) is 0 Å². The van der Waals surface area contributed by atoms with E-state index in [1.807, 2.05) is 13.0 Å². The number of ether oxygens (including phenoxy) is 1. The zero-order valence-corrected chi connectivity index (χ0v) is 18.8. The molecular formula is C21H24BrN3O3S.